The number of hydrogen-bond acceptors (Lipinski definition) is 3. The van der Waals surface area contributed by atoms with Gasteiger partial charge in [0.05, 0.1) is 16.6 Å². The number of carbonyl (C=O) groups is 2. The molecule has 25 heavy (non-hydrogen) atoms. The van der Waals surface area contributed by atoms with Crippen LogP contribution in [0.4, 0.5) is 10.5 Å². The number of nitrogens with two attached hydrogens (primary N) is 1. The van der Waals surface area contributed by atoms with E-state index in [-0.39, 0.29) is 22.0 Å². The van der Waals surface area contributed by atoms with Crippen molar-refractivity contribution in [1.82, 2.24) is 5.32 Å². The molecule has 0 spiro atoms. The summed E-state index contributed by atoms with van der Waals surface area (Å²) in [7, 11) is 0. The van der Waals surface area contributed by atoms with Crippen LogP contribution in [-0.2, 0) is 0 Å². The van der Waals surface area contributed by atoms with Crippen molar-refractivity contribution in [3.63, 3.8) is 0 Å². The monoisotopic (exact) mass is 363 g/mol. The molecule has 4 N–H and O–H groups in total. The average molecular weight is 364 g/mol. The van der Waals surface area contributed by atoms with Crippen molar-refractivity contribution in [3.05, 3.63) is 52.4 Å². The minimum absolute atomic E-state index is 0.180. The van der Waals surface area contributed by atoms with E-state index in [1.54, 1.807) is 6.07 Å². The van der Waals surface area contributed by atoms with Crippen LogP contribution >= 0.6 is 11.6 Å². The van der Waals surface area contributed by atoms with Crippen LogP contribution < -0.4 is 16.4 Å². The molecule has 134 valence electrons. The zero-order valence-corrected chi connectivity index (χ0v) is 15.4. The summed E-state index contributed by atoms with van der Waals surface area (Å²) in [5.74, 6) is 0.838. The Morgan fingerprint density at radius 1 is 1.20 bits per heavy atom. The van der Waals surface area contributed by atoms with E-state index in [1.807, 2.05) is 39.8 Å². The van der Waals surface area contributed by atoms with Gasteiger partial charge in [-0.15, -0.1) is 0 Å². The number of primary amides is 1. The highest BCUT2D eigenvalue weighted by atomic mass is 35.5. The van der Waals surface area contributed by atoms with Gasteiger partial charge in [0.25, 0.3) is 0 Å². The molecule has 1 heterocycles. The first-order valence-electron chi connectivity index (χ1n) is 7.81. The third-order valence-electron chi connectivity index (χ3n) is 3.68. The molecule has 0 saturated carbocycles. The molecule has 2 rings (SSSR count). The minimum atomic E-state index is -0.623. The second kappa shape index (κ2) is 7.19. The predicted molar refractivity (Wildman–Crippen MR) is 97.8 cm³/mol. The van der Waals surface area contributed by atoms with Crippen LogP contribution in [0, 0.1) is 12.3 Å². The summed E-state index contributed by atoms with van der Waals surface area (Å²) in [6.07, 6.45) is 0. The number of hydrogen-bond donors (Lipinski definition) is 3. The summed E-state index contributed by atoms with van der Waals surface area (Å²) < 4.78 is 5.67. The summed E-state index contributed by atoms with van der Waals surface area (Å²) in [6, 6.07) is 7.50. The van der Waals surface area contributed by atoms with Gasteiger partial charge in [-0.25, -0.2) is 4.79 Å². The number of benzene rings is 1. The Morgan fingerprint density at radius 3 is 2.36 bits per heavy atom. The van der Waals surface area contributed by atoms with E-state index >= 15 is 0 Å². The zero-order chi connectivity index (χ0) is 18.8. The van der Waals surface area contributed by atoms with Crippen molar-refractivity contribution in [1.29, 1.82) is 0 Å². The Labute approximate surface area is 151 Å². The zero-order valence-electron chi connectivity index (χ0n) is 14.6. The number of furan rings is 1. The number of nitrogens with one attached hydrogen (secondary N) is 2. The van der Waals surface area contributed by atoms with E-state index < -0.39 is 11.9 Å². The summed E-state index contributed by atoms with van der Waals surface area (Å²) in [5.41, 5.74) is 5.61. The standard InChI is InChI=1S/C18H22ClN3O3/c1-10-5-8-14(25-10)15(18(2,3)4)22-17(24)21-11-6-7-12(16(20)23)13(19)9-11/h5-9,15H,1-4H3,(H2,20,23)(H2,21,22,24)/t15-/m0/s1. The molecule has 7 heteroatoms. The van der Waals surface area contributed by atoms with Gasteiger partial charge in [0.1, 0.15) is 11.5 Å². The quantitative estimate of drug-likeness (QED) is 0.757. The van der Waals surface area contributed by atoms with Gasteiger partial charge in [-0.3, -0.25) is 4.79 Å². The molecular weight excluding hydrogens is 342 g/mol. The molecule has 1 aromatic carbocycles. The van der Waals surface area contributed by atoms with Crippen LogP contribution in [0.1, 0.15) is 48.7 Å². The number of aryl methyl sites for hydroxylation is 1. The molecule has 0 saturated heterocycles. The van der Waals surface area contributed by atoms with Gasteiger partial charge in [-0.05, 0) is 42.7 Å². The highest BCUT2D eigenvalue weighted by Gasteiger charge is 2.30. The first-order valence-corrected chi connectivity index (χ1v) is 8.19. The van der Waals surface area contributed by atoms with Gasteiger partial charge in [0.2, 0.25) is 5.91 Å². The van der Waals surface area contributed by atoms with E-state index in [4.69, 9.17) is 21.8 Å². The molecule has 2 aromatic rings. The maximum Gasteiger partial charge on any atom is 0.319 e. The van der Waals surface area contributed by atoms with E-state index in [0.29, 0.717) is 11.4 Å². The van der Waals surface area contributed by atoms with Gasteiger partial charge >= 0.3 is 6.03 Å². The number of urea groups is 1. The number of anilines is 1. The number of halogens is 1. The van der Waals surface area contributed by atoms with Crippen molar-refractivity contribution in [2.24, 2.45) is 11.1 Å². The summed E-state index contributed by atoms with van der Waals surface area (Å²) >= 11 is 6.00. The van der Waals surface area contributed by atoms with Gasteiger partial charge in [0.15, 0.2) is 0 Å². The van der Waals surface area contributed by atoms with Crippen molar-refractivity contribution in [2.45, 2.75) is 33.7 Å². The van der Waals surface area contributed by atoms with E-state index in [2.05, 4.69) is 10.6 Å². The van der Waals surface area contributed by atoms with Gasteiger partial charge < -0.3 is 20.8 Å². The fourth-order valence-electron chi connectivity index (χ4n) is 2.41. The van der Waals surface area contributed by atoms with Gasteiger partial charge in [-0.2, -0.15) is 0 Å². The van der Waals surface area contributed by atoms with Crippen molar-refractivity contribution in [3.8, 4) is 0 Å². The maximum atomic E-state index is 12.4. The van der Waals surface area contributed by atoms with Crippen molar-refractivity contribution in [2.75, 3.05) is 5.32 Å². The fourth-order valence-corrected chi connectivity index (χ4v) is 2.69. The number of carbonyl (C=O) groups excluding carboxylic acids is 2. The van der Waals surface area contributed by atoms with Crippen molar-refractivity contribution < 1.29 is 14.0 Å². The number of rotatable bonds is 4. The second-order valence-electron chi connectivity index (χ2n) is 6.90. The Balaban J connectivity index is 2.14. The van der Waals surface area contributed by atoms with E-state index in [0.717, 1.165) is 5.76 Å². The molecule has 0 aliphatic rings. The van der Waals surface area contributed by atoms with Crippen LogP contribution in [0.2, 0.25) is 5.02 Å². The summed E-state index contributed by atoms with van der Waals surface area (Å²) in [4.78, 5) is 23.6. The van der Waals surface area contributed by atoms with Crippen LogP contribution in [-0.4, -0.2) is 11.9 Å². The summed E-state index contributed by atoms with van der Waals surface area (Å²) in [6.45, 7) is 7.88. The topological polar surface area (TPSA) is 97.4 Å². The Hall–Kier alpha value is -2.47. The third kappa shape index (κ3) is 4.76. The lowest BCUT2D eigenvalue weighted by Crippen LogP contribution is -2.38. The smallest absolute Gasteiger partial charge is 0.319 e. The first-order chi connectivity index (χ1) is 11.6. The molecule has 0 aliphatic carbocycles. The fraction of sp³-hybridized carbons (Fsp3) is 0.333. The van der Waals surface area contributed by atoms with Crippen LogP contribution in [0.3, 0.4) is 0 Å². The molecule has 0 bridgehead atoms. The highest BCUT2D eigenvalue weighted by molar-refractivity contribution is 6.34. The summed E-state index contributed by atoms with van der Waals surface area (Å²) in [5, 5.41) is 5.79. The SMILES string of the molecule is Cc1ccc([C@H](NC(=O)Nc2ccc(C(N)=O)c(Cl)c2)C(C)(C)C)o1. The molecule has 0 unspecified atom stereocenters. The second-order valence-corrected chi connectivity index (χ2v) is 7.31. The van der Waals surface area contributed by atoms with Gasteiger partial charge in [0, 0.05) is 5.69 Å². The van der Waals surface area contributed by atoms with E-state index in [1.165, 1.54) is 12.1 Å². The molecular formula is C18H22ClN3O3. The molecule has 0 fully saturated rings. The Bertz CT molecular complexity index is 793. The number of amides is 3. The maximum absolute atomic E-state index is 12.4. The lowest BCUT2D eigenvalue weighted by atomic mass is 9.85. The Kier molecular flexibility index (Phi) is 5.42. The van der Waals surface area contributed by atoms with Crippen molar-refractivity contribution >= 4 is 29.2 Å². The van der Waals surface area contributed by atoms with Crippen LogP contribution in [0.5, 0.6) is 0 Å². The highest BCUT2D eigenvalue weighted by Crippen LogP contribution is 2.33. The van der Waals surface area contributed by atoms with Crippen LogP contribution in [0.25, 0.3) is 0 Å². The average Bonchev–Trinajstić information content (AvgIpc) is 2.89. The Morgan fingerprint density at radius 2 is 1.88 bits per heavy atom. The molecule has 3 amide bonds. The molecule has 1 atom stereocenters. The molecule has 0 aliphatic heterocycles. The lowest BCUT2D eigenvalue weighted by Gasteiger charge is -2.30. The van der Waals surface area contributed by atoms with Gasteiger partial charge in [-0.1, -0.05) is 32.4 Å². The van der Waals surface area contributed by atoms with Crippen LogP contribution in [0.15, 0.2) is 34.7 Å². The lowest BCUT2D eigenvalue weighted by molar-refractivity contribution is 0.100. The first kappa shape index (κ1) is 18.9. The molecule has 1 aromatic heterocycles. The van der Waals surface area contributed by atoms with E-state index in [9.17, 15) is 9.59 Å². The molecule has 0 radical (unpaired) electrons. The predicted octanol–water partition coefficient (Wildman–Crippen LogP) is 4.25. The minimum Gasteiger partial charge on any atom is -0.464 e. The molecule has 6 nitrogen and oxygen atoms in total. The third-order valence-corrected chi connectivity index (χ3v) is 3.99. The normalized spacial score (nSPS) is 12.5. The largest absolute Gasteiger partial charge is 0.464 e.